The van der Waals surface area contributed by atoms with Crippen molar-refractivity contribution in [1.82, 2.24) is 0 Å². The zero-order valence-corrected chi connectivity index (χ0v) is 24.0. The molecule has 0 aliphatic carbocycles. The molecule has 2 fully saturated rings. The maximum absolute atomic E-state index is 11.9. The minimum atomic E-state index is -1.16. The molecule has 3 aromatic carbocycles. The topological polar surface area (TPSA) is 261 Å². The van der Waals surface area contributed by atoms with Gasteiger partial charge in [0.15, 0.2) is 24.4 Å². The number of rotatable bonds is 9. The van der Waals surface area contributed by atoms with E-state index in [1.807, 2.05) is 0 Å². The number of nitrogens with zero attached hydrogens (tertiary/aromatic N) is 3. The lowest BCUT2D eigenvalue weighted by Crippen LogP contribution is -2.23. The van der Waals surface area contributed by atoms with Crippen LogP contribution in [0.1, 0.15) is 7.43 Å². The van der Waals surface area contributed by atoms with Gasteiger partial charge in [-0.15, -0.1) is 0 Å². The molecule has 47 heavy (non-hydrogen) atoms. The summed E-state index contributed by atoms with van der Waals surface area (Å²) < 4.78 is 19.4. The number of phenolic OH excluding ortho intramolecular Hbond substituents is 1. The fourth-order valence-corrected chi connectivity index (χ4v) is 3.45. The molecule has 5 rings (SSSR count). The van der Waals surface area contributed by atoms with Gasteiger partial charge in [0.1, 0.15) is 17.2 Å². The van der Waals surface area contributed by atoms with Gasteiger partial charge in [-0.3, -0.25) is 39.9 Å². The molecule has 0 radical (unpaired) electrons. The highest BCUT2D eigenvalue weighted by molar-refractivity contribution is 6.68. The van der Waals surface area contributed by atoms with E-state index in [1.165, 1.54) is 48.5 Å². The summed E-state index contributed by atoms with van der Waals surface area (Å²) in [6.45, 7) is 0. The second-order valence-corrected chi connectivity index (χ2v) is 9.43. The number of carbonyl (C=O) groups is 4. The first-order valence-electron chi connectivity index (χ1n) is 12.2. The van der Waals surface area contributed by atoms with Crippen molar-refractivity contribution in [1.29, 1.82) is 0 Å². The number of nitro benzene ring substituents is 3. The van der Waals surface area contributed by atoms with Crippen molar-refractivity contribution in [2.24, 2.45) is 0 Å². The molecule has 0 spiro atoms. The van der Waals surface area contributed by atoms with Gasteiger partial charge in [-0.05, 0) is 59.6 Å². The van der Waals surface area contributed by atoms with E-state index in [4.69, 9.17) is 42.5 Å². The minimum absolute atomic E-state index is 0. The van der Waals surface area contributed by atoms with Crippen LogP contribution in [0.3, 0.4) is 0 Å². The van der Waals surface area contributed by atoms with Gasteiger partial charge in [-0.25, -0.2) is 9.59 Å². The van der Waals surface area contributed by atoms with Crippen molar-refractivity contribution < 1.29 is 58.0 Å². The van der Waals surface area contributed by atoms with Crippen LogP contribution in [0.5, 0.6) is 17.2 Å². The highest BCUT2D eigenvalue weighted by Crippen LogP contribution is 2.28. The van der Waals surface area contributed by atoms with Crippen LogP contribution in [0.25, 0.3) is 0 Å². The number of epoxide rings is 2. The molecule has 0 saturated carbocycles. The zero-order chi connectivity index (χ0) is 34.1. The Balaban J connectivity index is 0.000000313. The van der Waals surface area contributed by atoms with Crippen LogP contribution in [0.4, 0.5) is 17.1 Å². The lowest BCUT2D eigenvalue weighted by Gasteiger charge is -2.03. The third kappa shape index (κ3) is 11.4. The Hall–Kier alpha value is -5.56. The van der Waals surface area contributed by atoms with E-state index >= 15 is 0 Å². The maximum Gasteiger partial charge on any atom is 0.344 e. The Labute approximate surface area is 272 Å². The molecule has 1 N–H and O–H groups in total. The number of esters is 2. The van der Waals surface area contributed by atoms with Crippen LogP contribution in [0, 0.1) is 30.3 Å². The molecular formula is C27H21Cl2N3O15. The molecule has 0 amide bonds. The van der Waals surface area contributed by atoms with E-state index in [-0.39, 0.29) is 41.7 Å². The Kier molecular flexibility index (Phi) is 13.3. The van der Waals surface area contributed by atoms with E-state index in [9.17, 15) is 49.5 Å². The summed E-state index contributed by atoms with van der Waals surface area (Å²) in [4.78, 5) is 73.6. The second-order valence-electron chi connectivity index (χ2n) is 8.68. The number of halogens is 2. The van der Waals surface area contributed by atoms with Gasteiger partial charge in [0.2, 0.25) is 0 Å². The standard InChI is InChI=1S/C16H10N2O9.C6H5NO3.C4H2Cl2O3.CH4/c19-15(25-11-5-1-9(2-6-11)17(21)22)13-14(27-13)16(20)26-12-7-3-10(4-8-12)18(23)24;8-6-3-1-5(2-4-6)7(9)10;5-3(7)1-2(9-1)4(6)8;/h1-8,13-14H;1-4,8H;1-2H;1H4/t13-,14-;;1-,2-;/m0.0./s1. The highest BCUT2D eigenvalue weighted by atomic mass is 35.5. The molecule has 2 heterocycles. The van der Waals surface area contributed by atoms with Crippen molar-refractivity contribution in [3.8, 4) is 17.2 Å². The van der Waals surface area contributed by atoms with E-state index in [0.717, 1.165) is 24.3 Å². The number of nitro groups is 3. The molecule has 2 saturated heterocycles. The van der Waals surface area contributed by atoms with E-state index < -0.39 is 61.6 Å². The first kappa shape index (κ1) is 37.6. The Morgan fingerprint density at radius 1 is 0.574 bits per heavy atom. The van der Waals surface area contributed by atoms with E-state index in [1.54, 1.807) is 0 Å². The molecule has 3 aromatic rings. The van der Waals surface area contributed by atoms with Crippen molar-refractivity contribution >= 4 is 62.7 Å². The summed E-state index contributed by atoms with van der Waals surface area (Å²) in [6.07, 6.45) is -3.91. The average Bonchev–Trinajstić information content (AvgIpc) is 3.92. The predicted octanol–water partition coefficient (Wildman–Crippen LogP) is 4.00. The number of hydrogen-bond donors (Lipinski definition) is 1. The second kappa shape index (κ2) is 16.7. The van der Waals surface area contributed by atoms with Crippen molar-refractivity contribution in [3.63, 3.8) is 0 Å². The van der Waals surface area contributed by atoms with E-state index in [2.05, 4.69) is 4.74 Å². The molecule has 2 aliphatic rings. The van der Waals surface area contributed by atoms with Crippen molar-refractivity contribution in [2.75, 3.05) is 0 Å². The lowest BCUT2D eigenvalue weighted by molar-refractivity contribution is -0.385. The Bertz CT molecular complexity index is 1560. The van der Waals surface area contributed by atoms with Crippen LogP contribution < -0.4 is 9.47 Å². The number of hydrogen-bond acceptors (Lipinski definition) is 15. The molecule has 18 nitrogen and oxygen atoms in total. The van der Waals surface area contributed by atoms with Crippen LogP contribution >= 0.6 is 23.2 Å². The SMILES string of the molecule is C.O=C(Cl)[C@H]1O[C@@H]1C(=O)Cl.O=C(Oc1ccc([N+](=O)[O-])cc1)[C@H]1O[C@@H]1C(=O)Oc1ccc([N+](=O)[O-])cc1.O=[N+]([O-])c1ccc(O)cc1. The third-order valence-electron chi connectivity index (χ3n) is 5.49. The zero-order valence-electron chi connectivity index (χ0n) is 22.5. The molecule has 20 heteroatoms. The lowest BCUT2D eigenvalue weighted by atomic mass is 10.3. The monoisotopic (exact) mass is 697 g/mol. The van der Waals surface area contributed by atoms with Crippen molar-refractivity contribution in [3.05, 3.63) is 103 Å². The van der Waals surface area contributed by atoms with Crippen LogP contribution in [-0.4, -0.2) is 66.7 Å². The fraction of sp³-hybridized carbons (Fsp3) is 0.185. The number of benzene rings is 3. The van der Waals surface area contributed by atoms with Crippen LogP contribution in [0.15, 0.2) is 72.8 Å². The largest absolute Gasteiger partial charge is 0.508 e. The number of ether oxygens (including phenoxy) is 4. The summed E-state index contributed by atoms with van der Waals surface area (Å²) in [5.74, 6) is -1.55. The van der Waals surface area contributed by atoms with Gasteiger partial charge in [-0.1, -0.05) is 7.43 Å². The summed E-state index contributed by atoms with van der Waals surface area (Å²) in [5.41, 5.74) is -0.346. The molecule has 2 aliphatic heterocycles. The van der Waals surface area contributed by atoms with Gasteiger partial charge in [-0.2, -0.15) is 0 Å². The predicted molar refractivity (Wildman–Crippen MR) is 158 cm³/mol. The minimum Gasteiger partial charge on any atom is -0.508 e. The summed E-state index contributed by atoms with van der Waals surface area (Å²) in [5, 5.41) is 38.5. The molecule has 0 bridgehead atoms. The quantitative estimate of drug-likeness (QED) is 0.0826. The Morgan fingerprint density at radius 3 is 1.11 bits per heavy atom. The number of phenols is 1. The van der Waals surface area contributed by atoms with Crippen LogP contribution in [-0.2, 0) is 28.7 Å². The first-order valence-corrected chi connectivity index (χ1v) is 13.0. The smallest absolute Gasteiger partial charge is 0.344 e. The number of carbonyl (C=O) groups excluding carboxylic acids is 4. The first-order chi connectivity index (χ1) is 21.7. The summed E-state index contributed by atoms with van der Waals surface area (Å²) >= 11 is 9.88. The number of non-ortho nitro benzene ring substituents is 3. The van der Waals surface area contributed by atoms with Gasteiger partial charge in [0, 0.05) is 36.4 Å². The molecule has 248 valence electrons. The molecule has 0 unspecified atom stereocenters. The van der Waals surface area contributed by atoms with Crippen LogP contribution in [0.2, 0.25) is 0 Å². The maximum atomic E-state index is 11.9. The molecule has 0 aromatic heterocycles. The van der Waals surface area contributed by atoms with Crippen molar-refractivity contribution in [2.45, 2.75) is 31.8 Å². The highest BCUT2D eigenvalue weighted by Gasteiger charge is 2.53. The Morgan fingerprint density at radius 2 is 0.851 bits per heavy atom. The van der Waals surface area contributed by atoms with Gasteiger partial charge >= 0.3 is 11.9 Å². The van der Waals surface area contributed by atoms with Gasteiger partial charge < -0.3 is 24.1 Å². The van der Waals surface area contributed by atoms with Gasteiger partial charge in [0.05, 0.1) is 14.8 Å². The van der Waals surface area contributed by atoms with E-state index in [0.29, 0.717) is 0 Å². The average molecular weight is 698 g/mol. The molecular weight excluding hydrogens is 677 g/mol. The normalized spacial score (nSPS) is 18.2. The fourth-order valence-electron chi connectivity index (χ4n) is 3.12. The summed E-state index contributed by atoms with van der Waals surface area (Å²) in [6, 6.07) is 14.7. The van der Waals surface area contributed by atoms with Gasteiger partial charge in [0.25, 0.3) is 27.5 Å². The molecule has 4 atom stereocenters. The third-order valence-corrected chi connectivity index (χ3v) is 5.92. The number of aromatic hydroxyl groups is 1. The summed E-state index contributed by atoms with van der Waals surface area (Å²) in [7, 11) is 0.